The minimum Gasteiger partial charge on any atom is -0.444 e. The van der Waals surface area contributed by atoms with E-state index in [1.807, 2.05) is 70.0 Å². The summed E-state index contributed by atoms with van der Waals surface area (Å²) in [5.74, 6) is 0.490. The number of rotatable bonds is 7. The maximum atomic E-state index is 13.0. The van der Waals surface area contributed by atoms with Gasteiger partial charge in [-0.15, -0.1) is 0 Å². The zero-order valence-electron chi connectivity index (χ0n) is 22.4. The molecule has 2 aromatic heterocycles. The number of hydrogen-bond acceptors (Lipinski definition) is 6. The predicted octanol–water partition coefficient (Wildman–Crippen LogP) is 6.05. The fraction of sp³-hybridized carbons (Fsp3) is 0.464. The van der Waals surface area contributed by atoms with Gasteiger partial charge in [0.2, 0.25) is 0 Å². The summed E-state index contributed by atoms with van der Waals surface area (Å²) in [7, 11) is 0. The molecule has 9 heteroatoms. The number of aromatic nitrogens is 2. The van der Waals surface area contributed by atoms with E-state index in [4.69, 9.17) is 4.74 Å². The molecule has 0 aliphatic carbocycles. The molecule has 1 aliphatic heterocycles. The van der Waals surface area contributed by atoms with Crippen LogP contribution in [-0.2, 0) is 4.74 Å². The summed E-state index contributed by atoms with van der Waals surface area (Å²) >= 11 is 1.74. The molecule has 1 saturated heterocycles. The van der Waals surface area contributed by atoms with Crippen LogP contribution in [-0.4, -0.2) is 62.6 Å². The van der Waals surface area contributed by atoms with Crippen molar-refractivity contribution in [3.8, 4) is 0 Å². The standard InChI is InChI=1S/C28H37N5O3S/c1-6-31(7-2)26(34)24-19-29-33-17-14-21(18-25(24)33)20-12-15-32(16-13-20)37-23-10-8-22(9-11-23)30-27(35)36-28(3,4)5/h8-11,14,17-20H,6-7,12-13,15-16H2,1-5H3,(H,30,35). The van der Waals surface area contributed by atoms with E-state index >= 15 is 0 Å². The van der Waals surface area contributed by atoms with Crippen LogP contribution < -0.4 is 5.32 Å². The van der Waals surface area contributed by atoms with Crippen molar-refractivity contribution < 1.29 is 14.3 Å². The first-order valence-electron chi connectivity index (χ1n) is 13.0. The lowest BCUT2D eigenvalue weighted by atomic mass is 9.90. The SMILES string of the molecule is CCN(CC)C(=O)c1cnn2ccc(C3CCN(Sc4ccc(NC(=O)OC(C)(C)C)cc4)CC3)cc12. The highest BCUT2D eigenvalue weighted by molar-refractivity contribution is 7.97. The van der Waals surface area contributed by atoms with E-state index in [0.29, 0.717) is 30.3 Å². The van der Waals surface area contributed by atoms with Crippen molar-refractivity contribution >= 4 is 35.2 Å². The third-order valence-electron chi connectivity index (χ3n) is 6.49. The Morgan fingerprint density at radius 2 is 1.78 bits per heavy atom. The lowest BCUT2D eigenvalue weighted by molar-refractivity contribution is 0.0635. The fourth-order valence-electron chi connectivity index (χ4n) is 4.55. The molecule has 0 bridgehead atoms. The first-order chi connectivity index (χ1) is 17.7. The molecule has 1 aromatic carbocycles. The number of nitrogens with zero attached hydrogens (tertiary/aromatic N) is 4. The molecule has 0 spiro atoms. The second kappa shape index (κ2) is 11.6. The number of hydrogen-bond donors (Lipinski definition) is 1. The highest BCUT2D eigenvalue weighted by Crippen LogP contribution is 2.34. The second-order valence-corrected chi connectivity index (χ2v) is 11.4. The number of carbonyl (C=O) groups is 2. The molecule has 1 aliphatic rings. The minimum absolute atomic E-state index is 0.0377. The number of nitrogens with one attached hydrogen (secondary N) is 1. The lowest BCUT2D eigenvalue weighted by Gasteiger charge is -2.31. The van der Waals surface area contributed by atoms with Gasteiger partial charge < -0.3 is 9.64 Å². The van der Waals surface area contributed by atoms with E-state index in [1.54, 1.807) is 22.7 Å². The molecule has 2 amide bonds. The first-order valence-corrected chi connectivity index (χ1v) is 13.7. The van der Waals surface area contributed by atoms with Crippen LogP contribution in [0.25, 0.3) is 5.52 Å². The molecule has 4 rings (SSSR count). The summed E-state index contributed by atoms with van der Waals surface area (Å²) < 4.78 is 9.50. The van der Waals surface area contributed by atoms with Crippen molar-refractivity contribution in [2.75, 3.05) is 31.5 Å². The van der Waals surface area contributed by atoms with Crippen LogP contribution in [0, 0.1) is 0 Å². The summed E-state index contributed by atoms with van der Waals surface area (Å²) in [5.41, 5.74) is 3.01. The van der Waals surface area contributed by atoms with Gasteiger partial charge in [0.15, 0.2) is 0 Å². The van der Waals surface area contributed by atoms with Gasteiger partial charge in [-0.2, -0.15) is 5.10 Å². The van der Waals surface area contributed by atoms with Crippen molar-refractivity contribution in [1.82, 2.24) is 18.8 Å². The van der Waals surface area contributed by atoms with Gasteiger partial charge in [0.1, 0.15) is 5.60 Å². The smallest absolute Gasteiger partial charge is 0.412 e. The number of piperidine rings is 1. The Hall–Kier alpha value is -3.04. The van der Waals surface area contributed by atoms with Crippen molar-refractivity contribution in [1.29, 1.82) is 0 Å². The Kier molecular flexibility index (Phi) is 8.44. The Balaban J connectivity index is 1.34. The van der Waals surface area contributed by atoms with Crippen LogP contribution in [0.3, 0.4) is 0 Å². The van der Waals surface area contributed by atoms with Crippen LogP contribution >= 0.6 is 11.9 Å². The maximum Gasteiger partial charge on any atom is 0.412 e. The fourth-order valence-corrected chi connectivity index (χ4v) is 5.50. The summed E-state index contributed by atoms with van der Waals surface area (Å²) in [6.07, 6.45) is 5.31. The second-order valence-electron chi connectivity index (χ2n) is 10.3. The zero-order chi connectivity index (χ0) is 26.6. The predicted molar refractivity (Wildman–Crippen MR) is 148 cm³/mol. The Morgan fingerprint density at radius 1 is 1.11 bits per heavy atom. The highest BCUT2D eigenvalue weighted by Gasteiger charge is 2.24. The van der Waals surface area contributed by atoms with Gasteiger partial charge in [0.25, 0.3) is 5.91 Å². The van der Waals surface area contributed by atoms with E-state index in [0.717, 1.165) is 36.3 Å². The number of pyridine rings is 1. The van der Waals surface area contributed by atoms with Gasteiger partial charge in [0, 0.05) is 43.0 Å². The van der Waals surface area contributed by atoms with E-state index in [9.17, 15) is 9.59 Å². The van der Waals surface area contributed by atoms with Crippen LogP contribution in [0.5, 0.6) is 0 Å². The molecule has 0 saturated carbocycles. The molecule has 0 atom stereocenters. The van der Waals surface area contributed by atoms with Crippen LogP contribution in [0.2, 0.25) is 0 Å². The first kappa shape index (κ1) is 27.0. The maximum absolute atomic E-state index is 13.0. The van der Waals surface area contributed by atoms with Crippen LogP contribution in [0.4, 0.5) is 10.5 Å². The molecule has 1 N–H and O–H groups in total. The largest absolute Gasteiger partial charge is 0.444 e. The Bertz CT molecular complexity index is 1220. The molecular weight excluding hydrogens is 486 g/mol. The van der Waals surface area contributed by atoms with Gasteiger partial charge in [-0.05, 0) is 107 Å². The molecule has 8 nitrogen and oxygen atoms in total. The number of benzene rings is 1. The lowest BCUT2D eigenvalue weighted by Crippen LogP contribution is -2.30. The Morgan fingerprint density at radius 3 is 2.41 bits per heavy atom. The zero-order valence-corrected chi connectivity index (χ0v) is 23.2. The highest BCUT2D eigenvalue weighted by atomic mass is 32.2. The summed E-state index contributed by atoms with van der Waals surface area (Å²) in [4.78, 5) is 27.9. The summed E-state index contributed by atoms with van der Waals surface area (Å²) in [6.45, 7) is 12.9. The van der Waals surface area contributed by atoms with E-state index in [2.05, 4.69) is 26.9 Å². The molecule has 0 unspecified atom stereocenters. The quantitative estimate of drug-likeness (QED) is 0.380. The van der Waals surface area contributed by atoms with Gasteiger partial charge in [-0.25, -0.2) is 13.6 Å². The number of ether oxygens (including phenoxy) is 1. The number of carbonyl (C=O) groups excluding carboxylic acids is 2. The molecule has 37 heavy (non-hydrogen) atoms. The normalized spacial score (nSPS) is 15.1. The van der Waals surface area contributed by atoms with Crippen LogP contribution in [0.1, 0.15) is 69.3 Å². The van der Waals surface area contributed by atoms with E-state index in [-0.39, 0.29) is 5.91 Å². The van der Waals surface area contributed by atoms with E-state index < -0.39 is 11.7 Å². The van der Waals surface area contributed by atoms with Crippen LogP contribution in [0.15, 0.2) is 53.7 Å². The third-order valence-corrected chi connectivity index (χ3v) is 7.59. The third kappa shape index (κ3) is 6.84. The molecule has 3 heterocycles. The van der Waals surface area contributed by atoms with Crippen molar-refractivity contribution in [3.63, 3.8) is 0 Å². The molecule has 198 valence electrons. The minimum atomic E-state index is -0.526. The van der Waals surface area contributed by atoms with Gasteiger partial charge >= 0.3 is 6.09 Å². The monoisotopic (exact) mass is 523 g/mol. The van der Waals surface area contributed by atoms with Crippen molar-refractivity contribution in [3.05, 3.63) is 59.9 Å². The summed E-state index contributed by atoms with van der Waals surface area (Å²) in [5, 5.41) is 7.17. The number of fused-ring (bicyclic) bond motifs is 1. The van der Waals surface area contributed by atoms with E-state index in [1.165, 1.54) is 5.56 Å². The van der Waals surface area contributed by atoms with Gasteiger partial charge in [-0.3, -0.25) is 10.1 Å². The molecule has 3 aromatic rings. The molecular formula is C28H37N5O3S. The Labute approximate surface area is 223 Å². The topological polar surface area (TPSA) is 79.2 Å². The van der Waals surface area contributed by atoms with Gasteiger partial charge in [-0.1, -0.05) is 0 Å². The molecule has 1 fully saturated rings. The average molecular weight is 524 g/mol. The molecule has 0 radical (unpaired) electrons. The number of anilines is 1. The van der Waals surface area contributed by atoms with Crippen molar-refractivity contribution in [2.24, 2.45) is 0 Å². The van der Waals surface area contributed by atoms with Crippen molar-refractivity contribution in [2.45, 2.75) is 63.9 Å². The number of amides is 2. The summed E-state index contributed by atoms with van der Waals surface area (Å²) in [6, 6.07) is 12.1. The average Bonchev–Trinajstić information content (AvgIpc) is 3.28. The van der Waals surface area contributed by atoms with Gasteiger partial charge in [0.05, 0.1) is 17.3 Å².